The van der Waals surface area contributed by atoms with Gasteiger partial charge in [-0.05, 0) is 35.9 Å². The number of aliphatic hydroxyl groups is 1. The van der Waals surface area contributed by atoms with Gasteiger partial charge in [-0.25, -0.2) is 9.37 Å². The van der Waals surface area contributed by atoms with Crippen LogP contribution in [0.1, 0.15) is 22.0 Å². The number of hydrogen-bond donors (Lipinski definition) is 2. The lowest BCUT2D eigenvalue weighted by molar-refractivity contribution is 0.0916. The van der Waals surface area contributed by atoms with E-state index in [9.17, 15) is 19.1 Å². The maximum absolute atomic E-state index is 14.0. The lowest BCUT2D eigenvalue weighted by Gasteiger charge is -2.12. The van der Waals surface area contributed by atoms with Gasteiger partial charge in [-0.1, -0.05) is 42.5 Å². The van der Waals surface area contributed by atoms with Crippen LogP contribution in [0, 0.1) is 5.82 Å². The number of nitrogens with one attached hydrogen (secondary N) is 1. The van der Waals surface area contributed by atoms with Crippen LogP contribution in [0.2, 0.25) is 0 Å². The van der Waals surface area contributed by atoms with Gasteiger partial charge in [0.05, 0.1) is 22.7 Å². The number of nitrogens with zero attached hydrogens (tertiary/aromatic N) is 2. The Labute approximate surface area is 171 Å². The molecule has 0 radical (unpaired) electrons. The number of halogens is 1. The number of aliphatic hydroxyl groups excluding tert-OH is 1. The fourth-order valence-electron chi connectivity index (χ4n) is 3.17. The number of amides is 1. The fraction of sp³-hybridized carbons (Fsp3) is 0.0870. The molecule has 0 aliphatic carbocycles. The van der Waals surface area contributed by atoms with Crippen molar-refractivity contribution in [1.82, 2.24) is 14.9 Å². The highest BCUT2D eigenvalue weighted by Gasteiger charge is 2.14. The van der Waals surface area contributed by atoms with Crippen molar-refractivity contribution in [2.45, 2.75) is 6.10 Å². The maximum atomic E-state index is 14.0. The van der Waals surface area contributed by atoms with E-state index in [1.807, 2.05) is 18.2 Å². The highest BCUT2D eigenvalue weighted by molar-refractivity contribution is 5.97. The van der Waals surface area contributed by atoms with Crippen molar-refractivity contribution in [3.63, 3.8) is 0 Å². The quantitative estimate of drug-likeness (QED) is 0.537. The third-order valence-electron chi connectivity index (χ3n) is 4.77. The van der Waals surface area contributed by atoms with E-state index in [-0.39, 0.29) is 17.6 Å². The van der Waals surface area contributed by atoms with E-state index in [0.717, 1.165) is 4.57 Å². The van der Waals surface area contributed by atoms with Crippen LogP contribution in [0.15, 0.2) is 83.9 Å². The maximum Gasteiger partial charge on any atom is 0.265 e. The Bertz CT molecular complexity index is 1270. The summed E-state index contributed by atoms with van der Waals surface area (Å²) in [6.45, 7) is 0.0448. The predicted molar refractivity (Wildman–Crippen MR) is 111 cm³/mol. The van der Waals surface area contributed by atoms with Gasteiger partial charge in [-0.3, -0.25) is 14.2 Å². The molecule has 0 aliphatic rings. The molecule has 30 heavy (non-hydrogen) atoms. The zero-order valence-electron chi connectivity index (χ0n) is 15.8. The van der Waals surface area contributed by atoms with E-state index < -0.39 is 23.4 Å². The van der Waals surface area contributed by atoms with Crippen LogP contribution in [0.3, 0.4) is 0 Å². The second-order valence-corrected chi connectivity index (χ2v) is 6.74. The Hall–Kier alpha value is -3.84. The molecule has 7 heteroatoms. The molecule has 4 rings (SSSR count). The van der Waals surface area contributed by atoms with Gasteiger partial charge in [0, 0.05) is 12.1 Å². The van der Waals surface area contributed by atoms with Crippen LogP contribution in [0.4, 0.5) is 4.39 Å². The monoisotopic (exact) mass is 403 g/mol. The van der Waals surface area contributed by atoms with Crippen LogP contribution in [-0.2, 0) is 0 Å². The summed E-state index contributed by atoms with van der Waals surface area (Å²) in [5.74, 6) is -0.930. The molecule has 0 unspecified atom stereocenters. The van der Waals surface area contributed by atoms with Gasteiger partial charge < -0.3 is 10.4 Å². The van der Waals surface area contributed by atoms with Crippen molar-refractivity contribution in [2.24, 2.45) is 0 Å². The summed E-state index contributed by atoms with van der Waals surface area (Å²) in [5.41, 5.74) is 0.999. The first-order valence-electron chi connectivity index (χ1n) is 9.32. The normalized spacial score (nSPS) is 11.9. The molecule has 4 aromatic rings. The summed E-state index contributed by atoms with van der Waals surface area (Å²) in [4.78, 5) is 29.4. The minimum atomic E-state index is -0.832. The molecule has 0 fully saturated rings. The van der Waals surface area contributed by atoms with Gasteiger partial charge in [0.2, 0.25) is 0 Å². The van der Waals surface area contributed by atoms with Gasteiger partial charge in [0.25, 0.3) is 11.5 Å². The number of aromatic nitrogens is 2. The second-order valence-electron chi connectivity index (χ2n) is 6.74. The molecule has 1 heterocycles. The number of carbonyl (C=O) groups is 1. The molecule has 0 saturated heterocycles. The highest BCUT2D eigenvalue weighted by Crippen LogP contribution is 2.15. The lowest BCUT2D eigenvalue weighted by atomic mass is 10.1. The van der Waals surface area contributed by atoms with Crippen molar-refractivity contribution in [3.8, 4) is 5.69 Å². The molecule has 1 atom stereocenters. The Morgan fingerprint density at radius 2 is 1.80 bits per heavy atom. The van der Waals surface area contributed by atoms with Crippen molar-refractivity contribution in [3.05, 3.63) is 106 Å². The average Bonchev–Trinajstić information content (AvgIpc) is 2.78. The molecule has 0 spiro atoms. The minimum absolute atomic E-state index is 0.0448. The molecular formula is C23H18FN3O3. The van der Waals surface area contributed by atoms with Gasteiger partial charge in [-0.2, -0.15) is 0 Å². The average molecular weight is 403 g/mol. The smallest absolute Gasteiger partial charge is 0.265 e. The van der Waals surface area contributed by atoms with Crippen molar-refractivity contribution in [1.29, 1.82) is 0 Å². The van der Waals surface area contributed by atoms with Crippen molar-refractivity contribution >= 4 is 16.8 Å². The zero-order chi connectivity index (χ0) is 21.1. The van der Waals surface area contributed by atoms with Crippen LogP contribution >= 0.6 is 0 Å². The summed E-state index contributed by atoms with van der Waals surface area (Å²) >= 11 is 0. The van der Waals surface area contributed by atoms with E-state index in [1.165, 1.54) is 42.7 Å². The van der Waals surface area contributed by atoms with Gasteiger partial charge in [0.15, 0.2) is 0 Å². The van der Waals surface area contributed by atoms with Crippen molar-refractivity contribution in [2.75, 3.05) is 6.54 Å². The SMILES string of the molecule is O=C(NC[C@@H](O)c1ccccc1)c1ccc2c(=O)n(-c3ccccc3F)cnc2c1. The van der Waals surface area contributed by atoms with Crippen molar-refractivity contribution < 1.29 is 14.3 Å². The second kappa shape index (κ2) is 8.26. The third kappa shape index (κ3) is 3.83. The Balaban J connectivity index is 1.56. The molecule has 2 N–H and O–H groups in total. The van der Waals surface area contributed by atoms with E-state index in [0.29, 0.717) is 16.6 Å². The van der Waals surface area contributed by atoms with Crippen LogP contribution in [-0.4, -0.2) is 27.1 Å². The number of hydrogen-bond acceptors (Lipinski definition) is 4. The molecule has 3 aromatic carbocycles. The van der Waals surface area contributed by atoms with Gasteiger partial charge in [0.1, 0.15) is 12.1 Å². The molecule has 6 nitrogen and oxygen atoms in total. The van der Waals surface area contributed by atoms with Crippen LogP contribution in [0.5, 0.6) is 0 Å². The number of para-hydroxylation sites is 1. The molecule has 0 bridgehead atoms. The number of carbonyl (C=O) groups excluding carboxylic acids is 1. The Kier molecular flexibility index (Phi) is 5.36. The first-order valence-corrected chi connectivity index (χ1v) is 9.32. The highest BCUT2D eigenvalue weighted by atomic mass is 19.1. The third-order valence-corrected chi connectivity index (χ3v) is 4.77. The van der Waals surface area contributed by atoms with E-state index in [4.69, 9.17) is 0 Å². The summed E-state index contributed by atoms with van der Waals surface area (Å²) < 4.78 is 15.2. The molecule has 0 aliphatic heterocycles. The standard InChI is InChI=1S/C23H18FN3O3/c24-18-8-4-5-9-20(18)27-14-26-19-12-16(10-11-17(19)23(27)30)22(29)25-13-21(28)15-6-2-1-3-7-15/h1-12,14,21,28H,13H2,(H,25,29)/t21-/m1/s1. The van der Waals surface area contributed by atoms with Crippen LogP contribution in [0.25, 0.3) is 16.6 Å². The Morgan fingerprint density at radius 3 is 2.57 bits per heavy atom. The zero-order valence-corrected chi connectivity index (χ0v) is 15.8. The first kappa shape index (κ1) is 19.5. The molecule has 150 valence electrons. The Morgan fingerprint density at radius 1 is 1.07 bits per heavy atom. The molecule has 0 saturated carbocycles. The van der Waals surface area contributed by atoms with Gasteiger partial charge >= 0.3 is 0 Å². The van der Waals surface area contributed by atoms with E-state index in [1.54, 1.807) is 18.2 Å². The van der Waals surface area contributed by atoms with E-state index >= 15 is 0 Å². The number of rotatable bonds is 5. The molecular weight excluding hydrogens is 385 g/mol. The predicted octanol–water partition coefficient (Wildman–Crippen LogP) is 2.99. The molecule has 1 amide bonds. The number of benzene rings is 3. The summed E-state index contributed by atoms with van der Waals surface area (Å²) in [5, 5.41) is 13.1. The summed E-state index contributed by atoms with van der Waals surface area (Å²) in [7, 11) is 0. The molecule has 1 aromatic heterocycles. The van der Waals surface area contributed by atoms with E-state index in [2.05, 4.69) is 10.3 Å². The first-order chi connectivity index (χ1) is 14.5. The van der Waals surface area contributed by atoms with Crippen LogP contribution < -0.4 is 10.9 Å². The topological polar surface area (TPSA) is 84.2 Å². The summed E-state index contributed by atoms with van der Waals surface area (Å²) in [6, 6.07) is 19.4. The van der Waals surface area contributed by atoms with Gasteiger partial charge in [-0.15, -0.1) is 0 Å². The minimum Gasteiger partial charge on any atom is -0.387 e. The summed E-state index contributed by atoms with van der Waals surface area (Å²) in [6.07, 6.45) is 0.408. The number of fused-ring (bicyclic) bond motifs is 1. The largest absolute Gasteiger partial charge is 0.387 e. The lowest BCUT2D eigenvalue weighted by Crippen LogP contribution is -2.28. The fourth-order valence-corrected chi connectivity index (χ4v) is 3.17.